The fourth-order valence-electron chi connectivity index (χ4n) is 2.88. The van der Waals surface area contributed by atoms with Crippen molar-refractivity contribution in [2.45, 2.75) is 32.2 Å². The van der Waals surface area contributed by atoms with Crippen molar-refractivity contribution in [1.82, 2.24) is 15.1 Å². The summed E-state index contributed by atoms with van der Waals surface area (Å²) in [6, 6.07) is 5.71. The highest BCUT2D eigenvalue weighted by Gasteiger charge is 2.34. The molecular formula is C17H18FN3O3. The lowest BCUT2D eigenvalue weighted by Gasteiger charge is -2.36. The van der Waals surface area contributed by atoms with E-state index in [9.17, 15) is 14.0 Å². The molecule has 1 aromatic carbocycles. The van der Waals surface area contributed by atoms with Crippen LogP contribution < -0.4 is 5.32 Å². The molecular weight excluding hydrogens is 313 g/mol. The molecule has 24 heavy (non-hydrogen) atoms. The minimum Gasteiger partial charge on any atom is -0.481 e. The summed E-state index contributed by atoms with van der Waals surface area (Å²) in [7, 11) is 0. The van der Waals surface area contributed by atoms with Gasteiger partial charge in [-0.3, -0.25) is 9.59 Å². The van der Waals surface area contributed by atoms with Gasteiger partial charge in [0.15, 0.2) is 0 Å². The van der Waals surface area contributed by atoms with E-state index >= 15 is 0 Å². The number of nitrogens with one attached hydrogen (secondary N) is 1. The molecule has 1 saturated carbocycles. The molecule has 1 aromatic heterocycles. The number of carboxylic acids is 1. The standard InChI is InChI=1S/C17H18FN3O3/c1-10-14(9-21(20-10)13-5-3-12(18)4-6-13)17(24)19-15-7-2-11(15)8-16(22)23/h3-6,9,11,15H,2,7-8H2,1H3,(H,19,24)(H,22,23)/t11-,15-/m1/s1. The van der Waals surface area contributed by atoms with E-state index in [0.29, 0.717) is 16.9 Å². The van der Waals surface area contributed by atoms with Crippen molar-refractivity contribution in [3.63, 3.8) is 0 Å². The average Bonchev–Trinajstić information content (AvgIpc) is 2.91. The Morgan fingerprint density at radius 2 is 2.04 bits per heavy atom. The van der Waals surface area contributed by atoms with E-state index < -0.39 is 5.97 Å². The van der Waals surface area contributed by atoms with Crippen LogP contribution in [-0.4, -0.2) is 32.8 Å². The van der Waals surface area contributed by atoms with Gasteiger partial charge in [-0.15, -0.1) is 0 Å². The molecule has 2 aromatic rings. The van der Waals surface area contributed by atoms with Crippen LogP contribution in [0.2, 0.25) is 0 Å². The van der Waals surface area contributed by atoms with Crippen molar-refractivity contribution in [2.75, 3.05) is 0 Å². The van der Waals surface area contributed by atoms with Crippen LogP contribution >= 0.6 is 0 Å². The smallest absolute Gasteiger partial charge is 0.303 e. The molecule has 1 aliphatic carbocycles. The van der Waals surface area contributed by atoms with Crippen molar-refractivity contribution in [3.8, 4) is 5.69 Å². The first kappa shape index (κ1) is 16.2. The van der Waals surface area contributed by atoms with Crippen molar-refractivity contribution in [2.24, 2.45) is 5.92 Å². The van der Waals surface area contributed by atoms with Crippen molar-refractivity contribution in [3.05, 3.63) is 47.5 Å². The summed E-state index contributed by atoms with van der Waals surface area (Å²) in [6.07, 6.45) is 3.27. The van der Waals surface area contributed by atoms with Gasteiger partial charge in [0.2, 0.25) is 0 Å². The van der Waals surface area contributed by atoms with Crippen LogP contribution in [0.3, 0.4) is 0 Å². The summed E-state index contributed by atoms with van der Waals surface area (Å²) in [4.78, 5) is 23.2. The lowest BCUT2D eigenvalue weighted by Crippen LogP contribution is -2.47. The minimum atomic E-state index is -0.848. The fraction of sp³-hybridized carbons (Fsp3) is 0.353. The number of carbonyl (C=O) groups excluding carboxylic acids is 1. The van der Waals surface area contributed by atoms with Gasteiger partial charge in [0, 0.05) is 12.2 Å². The number of carboxylic acid groups (broad SMARTS) is 1. The van der Waals surface area contributed by atoms with Crippen LogP contribution in [0.25, 0.3) is 5.69 Å². The number of aromatic nitrogens is 2. The molecule has 0 radical (unpaired) electrons. The highest BCUT2D eigenvalue weighted by molar-refractivity contribution is 5.95. The molecule has 6 nitrogen and oxygen atoms in total. The number of hydrogen-bond donors (Lipinski definition) is 2. The molecule has 2 atom stereocenters. The highest BCUT2D eigenvalue weighted by Crippen LogP contribution is 2.30. The second-order valence-electron chi connectivity index (χ2n) is 6.06. The molecule has 1 heterocycles. The predicted molar refractivity (Wildman–Crippen MR) is 84.5 cm³/mol. The van der Waals surface area contributed by atoms with Gasteiger partial charge in [-0.25, -0.2) is 9.07 Å². The van der Waals surface area contributed by atoms with Crippen LogP contribution in [-0.2, 0) is 4.79 Å². The Kier molecular flexibility index (Phi) is 4.33. The summed E-state index contributed by atoms with van der Waals surface area (Å²) >= 11 is 0. The first-order chi connectivity index (χ1) is 11.4. The number of carbonyl (C=O) groups is 2. The number of aliphatic carboxylic acids is 1. The second-order valence-corrected chi connectivity index (χ2v) is 6.06. The molecule has 126 valence electrons. The van der Waals surface area contributed by atoms with E-state index in [1.807, 2.05) is 0 Å². The summed E-state index contributed by atoms with van der Waals surface area (Å²) in [5, 5.41) is 16.0. The van der Waals surface area contributed by atoms with Crippen LogP contribution in [0.5, 0.6) is 0 Å². The van der Waals surface area contributed by atoms with Gasteiger partial charge < -0.3 is 10.4 Å². The maximum absolute atomic E-state index is 13.0. The fourth-order valence-corrected chi connectivity index (χ4v) is 2.88. The zero-order valence-electron chi connectivity index (χ0n) is 13.2. The molecule has 2 N–H and O–H groups in total. The Balaban J connectivity index is 1.72. The number of nitrogens with zero attached hydrogens (tertiary/aromatic N) is 2. The lowest BCUT2D eigenvalue weighted by molar-refractivity contribution is -0.139. The van der Waals surface area contributed by atoms with Crippen LogP contribution in [0.1, 0.15) is 35.3 Å². The van der Waals surface area contributed by atoms with E-state index in [4.69, 9.17) is 5.11 Å². The number of rotatable bonds is 5. The molecule has 0 saturated heterocycles. The molecule has 1 aliphatic rings. The number of amides is 1. The van der Waals surface area contributed by atoms with Crippen LogP contribution in [0, 0.1) is 18.7 Å². The van der Waals surface area contributed by atoms with E-state index in [2.05, 4.69) is 10.4 Å². The third kappa shape index (κ3) is 3.29. The number of benzene rings is 1. The predicted octanol–water partition coefficient (Wildman–Crippen LogP) is 2.30. The summed E-state index contributed by atoms with van der Waals surface area (Å²) < 4.78 is 14.5. The van der Waals surface area contributed by atoms with Crippen molar-refractivity contribution >= 4 is 11.9 Å². The first-order valence-electron chi connectivity index (χ1n) is 7.79. The zero-order valence-corrected chi connectivity index (χ0v) is 13.2. The van der Waals surface area contributed by atoms with Gasteiger partial charge in [-0.1, -0.05) is 0 Å². The zero-order chi connectivity index (χ0) is 17.3. The molecule has 1 fully saturated rings. The molecule has 0 spiro atoms. The summed E-state index contributed by atoms with van der Waals surface area (Å²) in [6.45, 7) is 1.73. The van der Waals surface area contributed by atoms with Gasteiger partial charge in [-0.2, -0.15) is 5.10 Å². The molecule has 0 bridgehead atoms. The molecule has 1 amide bonds. The number of halogens is 1. The monoisotopic (exact) mass is 331 g/mol. The topological polar surface area (TPSA) is 84.2 Å². The summed E-state index contributed by atoms with van der Waals surface area (Å²) in [5.74, 6) is -1.46. The molecule has 0 aliphatic heterocycles. The Labute approximate surface area is 138 Å². The maximum atomic E-state index is 13.0. The molecule has 7 heteroatoms. The van der Waals surface area contributed by atoms with Gasteiger partial charge in [-0.05, 0) is 49.9 Å². The Morgan fingerprint density at radius 3 is 2.62 bits per heavy atom. The third-order valence-electron chi connectivity index (χ3n) is 4.41. The summed E-state index contributed by atoms with van der Waals surface area (Å²) in [5.41, 5.74) is 1.65. The normalized spacial score (nSPS) is 19.6. The van der Waals surface area contributed by atoms with E-state index in [0.717, 1.165) is 12.8 Å². The highest BCUT2D eigenvalue weighted by atomic mass is 19.1. The van der Waals surface area contributed by atoms with Gasteiger partial charge >= 0.3 is 5.97 Å². The lowest BCUT2D eigenvalue weighted by atomic mass is 9.77. The van der Waals surface area contributed by atoms with Gasteiger partial charge in [0.1, 0.15) is 5.82 Å². The molecule has 0 unspecified atom stereocenters. The quantitative estimate of drug-likeness (QED) is 0.880. The Hall–Kier alpha value is -2.70. The SMILES string of the molecule is Cc1nn(-c2ccc(F)cc2)cc1C(=O)N[C@@H]1CC[C@@H]1CC(=O)O. The third-order valence-corrected chi connectivity index (χ3v) is 4.41. The number of hydrogen-bond acceptors (Lipinski definition) is 3. The largest absolute Gasteiger partial charge is 0.481 e. The van der Waals surface area contributed by atoms with E-state index in [1.165, 1.54) is 16.8 Å². The Morgan fingerprint density at radius 1 is 1.33 bits per heavy atom. The van der Waals surface area contributed by atoms with Crippen LogP contribution in [0.4, 0.5) is 4.39 Å². The second kappa shape index (κ2) is 6.43. The molecule has 3 rings (SSSR count). The van der Waals surface area contributed by atoms with Crippen molar-refractivity contribution < 1.29 is 19.1 Å². The average molecular weight is 331 g/mol. The maximum Gasteiger partial charge on any atom is 0.303 e. The van der Waals surface area contributed by atoms with E-state index in [-0.39, 0.29) is 30.1 Å². The Bertz CT molecular complexity index is 770. The van der Waals surface area contributed by atoms with Crippen molar-refractivity contribution in [1.29, 1.82) is 0 Å². The van der Waals surface area contributed by atoms with Crippen LogP contribution in [0.15, 0.2) is 30.5 Å². The van der Waals surface area contributed by atoms with Gasteiger partial charge in [0.05, 0.1) is 23.4 Å². The van der Waals surface area contributed by atoms with E-state index in [1.54, 1.807) is 25.3 Å². The minimum absolute atomic E-state index is 0.0149. The number of aryl methyl sites for hydroxylation is 1. The first-order valence-corrected chi connectivity index (χ1v) is 7.79. The van der Waals surface area contributed by atoms with Gasteiger partial charge in [0.25, 0.3) is 5.91 Å².